The molecule has 0 aliphatic heterocycles. The van der Waals surface area contributed by atoms with Gasteiger partial charge in [-0.1, -0.05) is 37.3 Å². The average molecular weight is 269 g/mol. The zero-order valence-corrected chi connectivity index (χ0v) is 11.2. The highest BCUT2D eigenvalue weighted by Crippen LogP contribution is 2.18. The van der Waals surface area contributed by atoms with Gasteiger partial charge in [-0.2, -0.15) is 5.26 Å². The maximum atomic E-state index is 11.7. The lowest BCUT2D eigenvalue weighted by molar-refractivity contribution is 0.552. The van der Waals surface area contributed by atoms with Crippen LogP contribution in [0.15, 0.2) is 46.1 Å². The van der Waals surface area contributed by atoms with Crippen LogP contribution in [0.2, 0.25) is 0 Å². The Labute approximate surface area is 116 Å². The third kappa shape index (κ3) is 3.04. The van der Waals surface area contributed by atoms with Gasteiger partial charge in [-0.25, -0.2) is 4.79 Å². The van der Waals surface area contributed by atoms with Crippen molar-refractivity contribution in [1.82, 2.24) is 9.55 Å². The minimum atomic E-state index is -0.634. The Morgan fingerprint density at radius 3 is 2.65 bits per heavy atom. The molecule has 0 amide bonds. The molecule has 1 aromatic carbocycles. The third-order valence-corrected chi connectivity index (χ3v) is 3.30. The van der Waals surface area contributed by atoms with Crippen molar-refractivity contribution in [3.8, 4) is 6.07 Å². The molecule has 102 valence electrons. The molecule has 2 rings (SSSR count). The molecule has 0 fully saturated rings. The van der Waals surface area contributed by atoms with Crippen molar-refractivity contribution in [3.05, 3.63) is 68.5 Å². The monoisotopic (exact) mass is 269 g/mol. The van der Waals surface area contributed by atoms with Gasteiger partial charge in [0.2, 0.25) is 0 Å². The van der Waals surface area contributed by atoms with E-state index in [2.05, 4.69) is 11.9 Å². The van der Waals surface area contributed by atoms with Gasteiger partial charge in [-0.15, -0.1) is 0 Å². The fourth-order valence-electron chi connectivity index (χ4n) is 2.04. The zero-order valence-electron chi connectivity index (χ0n) is 11.2. The second-order valence-corrected chi connectivity index (χ2v) is 4.71. The lowest BCUT2D eigenvalue weighted by atomic mass is 9.98. The van der Waals surface area contributed by atoms with Crippen molar-refractivity contribution < 1.29 is 0 Å². The second kappa shape index (κ2) is 6.02. The number of hydrogen-bond acceptors (Lipinski definition) is 3. The van der Waals surface area contributed by atoms with Gasteiger partial charge in [0.25, 0.3) is 5.56 Å². The summed E-state index contributed by atoms with van der Waals surface area (Å²) in [6.07, 6.45) is 2.07. The van der Waals surface area contributed by atoms with Gasteiger partial charge in [0.15, 0.2) is 0 Å². The normalized spacial score (nSPS) is 11.8. The molecule has 0 radical (unpaired) electrons. The van der Waals surface area contributed by atoms with Crippen LogP contribution in [0.25, 0.3) is 0 Å². The Hall–Kier alpha value is -2.61. The number of nitrogens with one attached hydrogen (secondary N) is 1. The maximum absolute atomic E-state index is 11.7. The highest BCUT2D eigenvalue weighted by Gasteiger charge is 2.08. The minimum absolute atomic E-state index is 0.0445. The van der Waals surface area contributed by atoms with E-state index in [1.54, 1.807) is 6.07 Å². The fraction of sp³-hybridized carbons (Fsp3) is 0.267. The molecule has 0 saturated carbocycles. The van der Waals surface area contributed by atoms with Crippen LogP contribution < -0.4 is 11.2 Å². The number of aryl methyl sites for hydroxylation is 1. The Morgan fingerprint density at radius 2 is 2.00 bits per heavy atom. The number of rotatable bonds is 4. The number of aromatic nitrogens is 2. The van der Waals surface area contributed by atoms with Crippen molar-refractivity contribution in [1.29, 1.82) is 5.26 Å². The molecule has 1 heterocycles. The number of nitrogens with zero attached hydrogens (tertiary/aromatic N) is 2. The maximum Gasteiger partial charge on any atom is 0.328 e. The Balaban J connectivity index is 2.14. The van der Waals surface area contributed by atoms with E-state index in [0.29, 0.717) is 12.5 Å². The summed E-state index contributed by atoms with van der Waals surface area (Å²) in [5, 5.41) is 8.80. The van der Waals surface area contributed by atoms with Gasteiger partial charge < -0.3 is 0 Å². The van der Waals surface area contributed by atoms with E-state index in [9.17, 15) is 9.59 Å². The van der Waals surface area contributed by atoms with Crippen molar-refractivity contribution in [2.45, 2.75) is 25.8 Å². The number of hydrogen-bond donors (Lipinski definition) is 1. The quantitative estimate of drug-likeness (QED) is 0.915. The molecule has 0 aliphatic rings. The van der Waals surface area contributed by atoms with Crippen LogP contribution in [0.5, 0.6) is 0 Å². The minimum Gasteiger partial charge on any atom is -0.299 e. The molecule has 2 aromatic rings. The summed E-state index contributed by atoms with van der Waals surface area (Å²) in [4.78, 5) is 25.1. The van der Waals surface area contributed by atoms with Crippen LogP contribution in [-0.4, -0.2) is 9.55 Å². The largest absolute Gasteiger partial charge is 0.328 e. The highest BCUT2D eigenvalue weighted by molar-refractivity contribution is 5.22. The van der Waals surface area contributed by atoms with Crippen LogP contribution in [0.4, 0.5) is 0 Å². The van der Waals surface area contributed by atoms with Gasteiger partial charge in [0.05, 0.1) is 0 Å². The highest BCUT2D eigenvalue weighted by atomic mass is 16.2. The summed E-state index contributed by atoms with van der Waals surface area (Å²) in [6, 6.07) is 11.8. The van der Waals surface area contributed by atoms with Gasteiger partial charge in [0, 0.05) is 12.7 Å². The SMILES string of the molecule is CC(CCn1cc(C#N)c(=O)[nH]c1=O)c1ccccc1. The summed E-state index contributed by atoms with van der Waals surface area (Å²) >= 11 is 0. The first-order valence-electron chi connectivity index (χ1n) is 6.40. The number of aromatic amines is 1. The molecule has 0 spiro atoms. The van der Waals surface area contributed by atoms with Crippen molar-refractivity contribution in [3.63, 3.8) is 0 Å². The predicted octanol–water partition coefficient (Wildman–Crippen LogP) is 1.60. The fourth-order valence-corrected chi connectivity index (χ4v) is 2.04. The number of H-pyrrole nitrogens is 1. The van der Waals surface area contributed by atoms with E-state index in [1.807, 2.05) is 30.3 Å². The smallest absolute Gasteiger partial charge is 0.299 e. The van der Waals surface area contributed by atoms with Crippen molar-refractivity contribution in [2.75, 3.05) is 0 Å². The Kier molecular flexibility index (Phi) is 4.16. The van der Waals surface area contributed by atoms with Gasteiger partial charge >= 0.3 is 5.69 Å². The molecule has 5 heteroatoms. The first-order valence-corrected chi connectivity index (χ1v) is 6.40. The molecular formula is C15H15N3O2. The number of nitriles is 1. The predicted molar refractivity (Wildman–Crippen MR) is 75.5 cm³/mol. The molecule has 1 aromatic heterocycles. The van der Waals surface area contributed by atoms with Crippen molar-refractivity contribution >= 4 is 0 Å². The molecule has 1 unspecified atom stereocenters. The summed E-state index contributed by atoms with van der Waals surface area (Å²) in [5.41, 5.74) is 0.0431. The lowest BCUT2D eigenvalue weighted by Gasteiger charge is -2.12. The Morgan fingerprint density at radius 1 is 1.30 bits per heavy atom. The van der Waals surface area contributed by atoms with E-state index >= 15 is 0 Å². The summed E-state index contributed by atoms with van der Waals surface area (Å²) in [6.45, 7) is 2.54. The molecule has 20 heavy (non-hydrogen) atoms. The van der Waals surface area contributed by atoms with Gasteiger partial charge in [-0.05, 0) is 17.9 Å². The second-order valence-electron chi connectivity index (χ2n) is 4.71. The molecule has 0 bridgehead atoms. The van der Waals surface area contributed by atoms with Crippen LogP contribution >= 0.6 is 0 Å². The molecule has 0 saturated heterocycles. The first-order chi connectivity index (χ1) is 9.61. The van der Waals surface area contributed by atoms with Gasteiger partial charge in [0.1, 0.15) is 11.6 Å². The molecule has 1 atom stereocenters. The van der Waals surface area contributed by atoms with Crippen LogP contribution in [0.3, 0.4) is 0 Å². The molecule has 1 N–H and O–H groups in total. The molecule has 0 aliphatic carbocycles. The van der Waals surface area contributed by atoms with Crippen molar-refractivity contribution in [2.24, 2.45) is 0 Å². The molecular weight excluding hydrogens is 254 g/mol. The third-order valence-electron chi connectivity index (χ3n) is 3.30. The Bertz CT molecular complexity index is 738. The summed E-state index contributed by atoms with van der Waals surface area (Å²) < 4.78 is 1.37. The van der Waals surface area contributed by atoms with Crippen LogP contribution in [0, 0.1) is 11.3 Å². The van der Waals surface area contributed by atoms with E-state index < -0.39 is 11.2 Å². The molecule has 5 nitrogen and oxygen atoms in total. The van der Waals surface area contributed by atoms with Crippen LogP contribution in [0.1, 0.15) is 30.4 Å². The lowest BCUT2D eigenvalue weighted by Crippen LogP contribution is -2.31. The van der Waals surface area contributed by atoms with E-state index in [-0.39, 0.29) is 5.56 Å². The summed E-state index contributed by atoms with van der Waals surface area (Å²) in [5.74, 6) is 0.292. The number of benzene rings is 1. The van der Waals surface area contributed by atoms with Crippen LogP contribution in [-0.2, 0) is 6.54 Å². The van der Waals surface area contributed by atoms with Gasteiger partial charge in [-0.3, -0.25) is 14.3 Å². The van der Waals surface area contributed by atoms with E-state index in [1.165, 1.54) is 16.3 Å². The first kappa shape index (κ1) is 13.8. The van der Waals surface area contributed by atoms with E-state index in [4.69, 9.17) is 5.26 Å². The standard InChI is InChI=1S/C15H15N3O2/c1-11(12-5-3-2-4-6-12)7-8-18-10-13(9-16)14(19)17-15(18)20/h2-6,10-11H,7-8H2,1H3,(H,17,19,20). The topological polar surface area (TPSA) is 78.7 Å². The summed E-state index contributed by atoms with van der Waals surface area (Å²) in [7, 11) is 0. The van der Waals surface area contributed by atoms with E-state index in [0.717, 1.165) is 6.42 Å². The zero-order chi connectivity index (χ0) is 14.5. The average Bonchev–Trinajstić information content (AvgIpc) is 2.47.